The van der Waals surface area contributed by atoms with E-state index in [0.29, 0.717) is 37.2 Å². The maximum atomic E-state index is 15.0. The first-order valence-corrected chi connectivity index (χ1v) is 33.0. The Hall–Kier alpha value is -6.91. The second-order valence-electron chi connectivity index (χ2n) is 25.8. The number of nitrogens with zero attached hydrogens (tertiary/aromatic N) is 2. The Morgan fingerprint density at radius 1 is 0.787 bits per heavy atom. The molecule has 4 aromatic rings. The summed E-state index contributed by atoms with van der Waals surface area (Å²) in [7, 11) is 1.49. The molecule has 3 aliphatic carbocycles. The minimum atomic E-state index is -0.961. The minimum Gasteiger partial charge on any atom is -0.488 e. The van der Waals surface area contributed by atoms with Gasteiger partial charge < -0.3 is 61.1 Å². The Morgan fingerprint density at radius 3 is 2.35 bits per heavy atom. The van der Waals surface area contributed by atoms with Crippen molar-refractivity contribution in [3.63, 3.8) is 0 Å². The van der Waals surface area contributed by atoms with Gasteiger partial charge in [-0.05, 0) is 163 Å². The number of fused-ring (bicyclic) bond motifs is 1. The summed E-state index contributed by atoms with van der Waals surface area (Å²) in [5.41, 5.74) is 5.06. The normalized spacial score (nSPS) is 21.3. The largest absolute Gasteiger partial charge is 0.488 e. The maximum Gasteiger partial charge on any atom is 0.410 e. The lowest BCUT2D eigenvalue weighted by atomic mass is 9.83. The number of likely N-dealkylation sites (tertiary alicyclic amines) is 1. The summed E-state index contributed by atoms with van der Waals surface area (Å²) in [6.07, 6.45) is 8.85. The quantitative estimate of drug-likeness (QED) is 0.0300. The summed E-state index contributed by atoms with van der Waals surface area (Å²) >= 11 is 1.73. The van der Waals surface area contributed by atoms with Crippen molar-refractivity contribution in [2.24, 2.45) is 11.8 Å². The van der Waals surface area contributed by atoms with Gasteiger partial charge >= 0.3 is 6.09 Å². The highest BCUT2D eigenvalue weighted by atomic mass is 32.1. The second kappa shape index (κ2) is 31.2. The van der Waals surface area contributed by atoms with Crippen molar-refractivity contribution < 1.29 is 52.5 Å². The number of hydrogen-bond donors (Lipinski definition) is 7. The van der Waals surface area contributed by atoms with Gasteiger partial charge in [-0.15, -0.1) is 11.3 Å². The van der Waals surface area contributed by atoms with Gasteiger partial charge in [0.25, 0.3) is 5.91 Å². The molecule has 7 N–H and O–H groups in total. The molecule has 8 atom stereocenters. The minimum absolute atomic E-state index is 0.00659. The van der Waals surface area contributed by atoms with Crippen molar-refractivity contribution >= 4 is 52.9 Å². The van der Waals surface area contributed by atoms with E-state index in [-0.39, 0.29) is 93.2 Å². The van der Waals surface area contributed by atoms with E-state index in [2.05, 4.69) is 67.5 Å². The smallest absolute Gasteiger partial charge is 0.410 e. The van der Waals surface area contributed by atoms with Crippen LogP contribution in [-0.2, 0) is 51.1 Å². The van der Waals surface area contributed by atoms with E-state index in [1.165, 1.54) is 27.3 Å². The summed E-state index contributed by atoms with van der Waals surface area (Å²) in [4.78, 5) is 102. The fourth-order valence-corrected chi connectivity index (χ4v) is 13.6. The molecule has 0 bridgehead atoms. The van der Waals surface area contributed by atoms with Crippen LogP contribution in [0.1, 0.15) is 155 Å². The molecular formula is C68H93N9O11S. The predicted molar refractivity (Wildman–Crippen MR) is 341 cm³/mol. The van der Waals surface area contributed by atoms with E-state index in [9.17, 15) is 33.6 Å². The third-order valence-corrected chi connectivity index (χ3v) is 19.1. The van der Waals surface area contributed by atoms with Crippen molar-refractivity contribution in [2.75, 3.05) is 59.7 Å². The molecule has 7 amide bonds. The summed E-state index contributed by atoms with van der Waals surface area (Å²) in [5, 5.41) is 22.3. The number of thiophene rings is 1. The number of hydrogen-bond acceptors (Lipinski definition) is 14. The second-order valence-corrected chi connectivity index (χ2v) is 27.0. The SMILES string of the molecule is Cc1ccc(OC2CNC2)cc1C(=O)N[C@H](C)c1cccc(-c2ccc(CN[C@H]3CC[C@@H](C(=O)NCCOCCOCC(=O)N[C@H]4C[C@@H](C(=O)N[C@@H]5CCCc6ccccc65)N(C(=O)[C@@H](NC(=O)[C@H](C)N(C)C(=O)OC(C)(C)C)C5CCCCC5)C4)C3)s2)c1. The first kappa shape index (κ1) is 66.5. The number of carbonyl (C=O) groups is 7. The third-order valence-electron chi connectivity index (χ3n) is 18.0. The zero-order chi connectivity index (χ0) is 63.2. The summed E-state index contributed by atoms with van der Waals surface area (Å²) in [6, 6.07) is 22.7. The van der Waals surface area contributed by atoms with E-state index in [1.54, 1.807) is 39.0 Å². The first-order chi connectivity index (χ1) is 42.8. The molecule has 9 rings (SSSR count). The number of carbonyl (C=O) groups excluding carboxylic acids is 7. The van der Waals surface area contributed by atoms with Crippen LogP contribution in [0.4, 0.5) is 4.79 Å². The van der Waals surface area contributed by atoms with Crippen LogP contribution in [0, 0.1) is 18.8 Å². The summed E-state index contributed by atoms with van der Waals surface area (Å²) < 4.78 is 23.0. The Morgan fingerprint density at radius 2 is 1.57 bits per heavy atom. The zero-order valence-electron chi connectivity index (χ0n) is 52.9. The molecule has 482 valence electrons. The number of benzene rings is 3. The molecule has 0 radical (unpaired) electrons. The number of ether oxygens (including phenoxy) is 4. The van der Waals surface area contributed by atoms with Crippen molar-refractivity contribution in [3.05, 3.63) is 112 Å². The van der Waals surface area contributed by atoms with E-state index >= 15 is 0 Å². The van der Waals surface area contributed by atoms with E-state index in [4.69, 9.17) is 18.9 Å². The van der Waals surface area contributed by atoms with Gasteiger partial charge in [0, 0.05) is 73.1 Å². The molecular weight excluding hydrogens is 1150 g/mol. The molecule has 0 spiro atoms. The maximum absolute atomic E-state index is 15.0. The van der Waals surface area contributed by atoms with E-state index < -0.39 is 53.6 Å². The van der Waals surface area contributed by atoms with Crippen LogP contribution < -0.4 is 42.0 Å². The van der Waals surface area contributed by atoms with Gasteiger partial charge in [-0.1, -0.05) is 67.8 Å². The molecule has 3 aromatic carbocycles. The van der Waals surface area contributed by atoms with Gasteiger partial charge in [0.1, 0.15) is 42.2 Å². The highest BCUT2D eigenvalue weighted by molar-refractivity contribution is 7.15. The molecule has 2 aliphatic heterocycles. The fourth-order valence-electron chi connectivity index (χ4n) is 12.7. The van der Waals surface area contributed by atoms with Gasteiger partial charge in [-0.3, -0.25) is 33.7 Å². The first-order valence-electron chi connectivity index (χ1n) is 32.2. The molecule has 2 saturated carbocycles. The van der Waals surface area contributed by atoms with E-state index in [0.717, 1.165) is 98.0 Å². The summed E-state index contributed by atoms with van der Waals surface area (Å²) in [5.74, 6) is -1.36. The van der Waals surface area contributed by atoms with Crippen LogP contribution in [0.2, 0.25) is 0 Å². The lowest BCUT2D eigenvalue weighted by Crippen LogP contribution is -2.59. The summed E-state index contributed by atoms with van der Waals surface area (Å²) in [6.45, 7) is 13.8. The van der Waals surface area contributed by atoms with Gasteiger partial charge in [0.15, 0.2) is 0 Å². The van der Waals surface area contributed by atoms with Crippen LogP contribution in [0.15, 0.2) is 78.9 Å². The molecule has 2 saturated heterocycles. The van der Waals surface area contributed by atoms with Crippen LogP contribution in [-0.4, -0.2) is 153 Å². The van der Waals surface area contributed by atoms with E-state index in [1.807, 2.05) is 62.4 Å². The average molecular weight is 1240 g/mol. The average Bonchev–Trinajstić information content (AvgIpc) is 2.62. The molecule has 3 heterocycles. The number of rotatable bonds is 26. The van der Waals surface area contributed by atoms with Crippen LogP contribution in [0.3, 0.4) is 0 Å². The molecule has 4 fully saturated rings. The van der Waals surface area contributed by atoms with Gasteiger partial charge in [-0.25, -0.2) is 4.79 Å². The molecule has 1 aromatic heterocycles. The Balaban J connectivity index is 0.688. The van der Waals surface area contributed by atoms with Gasteiger partial charge in [0.2, 0.25) is 29.5 Å². The predicted octanol–water partition coefficient (Wildman–Crippen LogP) is 7.57. The fraction of sp³-hybridized carbons (Fsp3) is 0.574. The highest BCUT2D eigenvalue weighted by Gasteiger charge is 2.46. The Labute approximate surface area is 528 Å². The topological polar surface area (TPSA) is 247 Å². The number of amides is 7. The van der Waals surface area contributed by atoms with Crippen molar-refractivity contribution in [3.8, 4) is 16.2 Å². The van der Waals surface area contributed by atoms with Gasteiger partial charge in [-0.2, -0.15) is 0 Å². The lowest BCUT2D eigenvalue weighted by Gasteiger charge is -2.36. The number of aryl methyl sites for hydroxylation is 2. The Kier molecular flexibility index (Phi) is 23.3. The van der Waals surface area contributed by atoms with Gasteiger partial charge in [0.05, 0.1) is 31.9 Å². The van der Waals surface area contributed by atoms with Crippen molar-refractivity contribution in [1.82, 2.24) is 47.0 Å². The third kappa shape index (κ3) is 18.4. The van der Waals surface area contributed by atoms with Crippen LogP contribution >= 0.6 is 11.3 Å². The Bertz CT molecular complexity index is 3100. The molecule has 89 heavy (non-hydrogen) atoms. The molecule has 5 aliphatic rings. The molecule has 0 unspecified atom stereocenters. The van der Waals surface area contributed by atoms with Crippen LogP contribution in [0.25, 0.3) is 10.4 Å². The molecule has 20 nitrogen and oxygen atoms in total. The van der Waals surface area contributed by atoms with Crippen LogP contribution in [0.5, 0.6) is 5.75 Å². The number of likely N-dealkylation sites (N-methyl/N-ethyl adjacent to an activating group) is 1. The monoisotopic (exact) mass is 1240 g/mol. The van der Waals surface area contributed by atoms with Crippen molar-refractivity contribution in [1.29, 1.82) is 0 Å². The highest BCUT2D eigenvalue weighted by Crippen LogP contribution is 2.35. The lowest BCUT2D eigenvalue weighted by molar-refractivity contribution is -0.143. The molecule has 21 heteroatoms. The van der Waals surface area contributed by atoms with Crippen molar-refractivity contribution in [2.45, 2.75) is 179 Å². The zero-order valence-corrected chi connectivity index (χ0v) is 53.7. The number of nitrogens with one attached hydrogen (secondary N) is 7. The standard InChI is InChI=1S/C68H93N9O11S/c1-42-23-26-52(87-53-37-69-38-53)36-56(42)64(81)72-43(2)47-19-13-20-48(33-47)59-28-27-54(89-59)39-71-50-25-24-49(34-50)63(80)70-29-30-85-31-32-86-41-60(78)73-51-35-58(65(82)74-57-22-14-18-45-15-11-12-21-55(45)57)77(40-51)66(83)61(46-16-9-8-10-17-46)75-62(79)44(3)76(7)67(84)88-68(4,5)6/h11-13,15,19-21,23,26-28,33,36,43-44,46,49-51,53,57-58,61,69,71H,8-10,14,16-18,22,24-25,29-32,34-35,37-41H2,1-7H3,(H,70,80)(H,72,81)(H,73,78)(H,74,82)(H,75,79)/t43-,44+,49-,50+,51+,57-,58+,61+/m1/s1.